The van der Waals surface area contributed by atoms with Gasteiger partial charge in [-0.05, 0) is 57.0 Å². The van der Waals surface area contributed by atoms with Crippen LogP contribution in [0.2, 0.25) is 0 Å². The minimum absolute atomic E-state index is 0.164. The van der Waals surface area contributed by atoms with Crippen LogP contribution in [0.3, 0.4) is 0 Å². The first kappa shape index (κ1) is 15.8. The molecule has 1 saturated heterocycles. The summed E-state index contributed by atoms with van der Waals surface area (Å²) in [5.41, 5.74) is 1.09. The van der Waals surface area contributed by atoms with Crippen LogP contribution in [0.1, 0.15) is 38.5 Å². The standard InChI is InChI=1S/C16H24N2O3S/c1-17-22(19,20)15-6-4-13(5-7-15)18-12-14-8-11-16(21-14)9-2-3-10-16/h4-7,14,17-18H,2-3,8-12H2,1H3. The average molecular weight is 324 g/mol. The van der Waals surface area contributed by atoms with Crippen LogP contribution >= 0.6 is 0 Å². The Labute approximate surface area is 132 Å². The van der Waals surface area contributed by atoms with Crippen LogP contribution in [-0.2, 0) is 14.8 Å². The Balaban J connectivity index is 1.54. The number of benzene rings is 1. The molecule has 1 atom stereocenters. The maximum Gasteiger partial charge on any atom is 0.240 e. The van der Waals surface area contributed by atoms with Gasteiger partial charge in [-0.25, -0.2) is 13.1 Å². The van der Waals surface area contributed by atoms with E-state index in [1.807, 2.05) is 0 Å². The van der Waals surface area contributed by atoms with Gasteiger partial charge in [-0.3, -0.25) is 0 Å². The highest BCUT2D eigenvalue weighted by atomic mass is 32.2. The van der Waals surface area contributed by atoms with Gasteiger partial charge in [0.05, 0.1) is 16.6 Å². The van der Waals surface area contributed by atoms with Gasteiger partial charge in [-0.2, -0.15) is 0 Å². The van der Waals surface area contributed by atoms with E-state index in [0.717, 1.165) is 18.7 Å². The Morgan fingerprint density at radius 3 is 2.50 bits per heavy atom. The van der Waals surface area contributed by atoms with Gasteiger partial charge in [0.25, 0.3) is 0 Å². The monoisotopic (exact) mass is 324 g/mol. The Morgan fingerprint density at radius 2 is 1.86 bits per heavy atom. The van der Waals surface area contributed by atoms with E-state index in [2.05, 4.69) is 10.0 Å². The van der Waals surface area contributed by atoms with E-state index in [0.29, 0.717) is 0 Å². The Morgan fingerprint density at radius 1 is 1.18 bits per heavy atom. The topological polar surface area (TPSA) is 67.4 Å². The van der Waals surface area contributed by atoms with Crippen molar-refractivity contribution >= 4 is 15.7 Å². The fourth-order valence-corrected chi connectivity index (χ4v) is 4.26. The van der Waals surface area contributed by atoms with Gasteiger partial charge in [-0.15, -0.1) is 0 Å². The largest absolute Gasteiger partial charge is 0.382 e. The van der Waals surface area contributed by atoms with Crippen LogP contribution in [0, 0.1) is 0 Å². The molecule has 1 aromatic rings. The lowest BCUT2D eigenvalue weighted by atomic mass is 9.98. The van der Waals surface area contributed by atoms with E-state index in [9.17, 15) is 8.42 Å². The van der Waals surface area contributed by atoms with Crippen molar-refractivity contribution in [3.8, 4) is 0 Å². The van der Waals surface area contributed by atoms with Gasteiger partial charge < -0.3 is 10.1 Å². The number of nitrogens with one attached hydrogen (secondary N) is 2. The molecule has 5 nitrogen and oxygen atoms in total. The summed E-state index contributed by atoms with van der Waals surface area (Å²) >= 11 is 0. The molecule has 22 heavy (non-hydrogen) atoms. The molecule has 1 aliphatic carbocycles. The number of ether oxygens (including phenoxy) is 1. The maximum atomic E-state index is 11.7. The van der Waals surface area contributed by atoms with E-state index >= 15 is 0 Å². The zero-order valence-corrected chi connectivity index (χ0v) is 13.8. The summed E-state index contributed by atoms with van der Waals surface area (Å²) in [5, 5.41) is 3.35. The molecule has 1 aromatic carbocycles. The summed E-state index contributed by atoms with van der Waals surface area (Å²) in [4.78, 5) is 0.280. The molecule has 2 aliphatic rings. The number of hydrogen-bond acceptors (Lipinski definition) is 4. The van der Waals surface area contributed by atoms with Crippen molar-refractivity contribution in [1.29, 1.82) is 0 Å². The molecule has 0 aromatic heterocycles. The van der Waals surface area contributed by atoms with Crippen molar-refractivity contribution in [2.75, 3.05) is 18.9 Å². The Bertz CT molecular complexity index is 607. The first-order valence-electron chi connectivity index (χ1n) is 7.98. The minimum atomic E-state index is -3.36. The van der Waals surface area contributed by atoms with Gasteiger partial charge in [-0.1, -0.05) is 12.8 Å². The summed E-state index contributed by atoms with van der Waals surface area (Å²) in [6.07, 6.45) is 7.56. The molecule has 6 heteroatoms. The molecule has 3 rings (SSSR count). The molecule has 1 aliphatic heterocycles. The van der Waals surface area contributed by atoms with Gasteiger partial charge in [0.1, 0.15) is 0 Å². The van der Waals surface area contributed by atoms with Crippen molar-refractivity contribution in [3.63, 3.8) is 0 Å². The van der Waals surface area contributed by atoms with Gasteiger partial charge in [0.2, 0.25) is 10.0 Å². The average Bonchev–Trinajstić information content (AvgIpc) is 3.16. The first-order chi connectivity index (χ1) is 10.5. The van der Waals surface area contributed by atoms with Crippen LogP contribution in [0.4, 0.5) is 5.69 Å². The normalized spacial score (nSPS) is 24.0. The van der Waals surface area contributed by atoms with Crippen LogP contribution in [0.5, 0.6) is 0 Å². The van der Waals surface area contributed by atoms with Gasteiger partial charge in [0.15, 0.2) is 0 Å². The van der Waals surface area contributed by atoms with Crippen LogP contribution in [0.15, 0.2) is 29.2 Å². The van der Waals surface area contributed by atoms with E-state index in [-0.39, 0.29) is 16.6 Å². The highest BCUT2D eigenvalue weighted by Gasteiger charge is 2.41. The van der Waals surface area contributed by atoms with Crippen LogP contribution < -0.4 is 10.0 Å². The second-order valence-electron chi connectivity index (χ2n) is 6.28. The van der Waals surface area contributed by atoms with Crippen molar-refractivity contribution in [2.24, 2.45) is 0 Å². The van der Waals surface area contributed by atoms with Crippen molar-refractivity contribution in [2.45, 2.75) is 55.1 Å². The summed E-state index contributed by atoms with van der Waals surface area (Å²) in [5.74, 6) is 0. The third-order valence-corrected chi connectivity index (χ3v) is 6.25. The van der Waals surface area contributed by atoms with Crippen LogP contribution in [0.25, 0.3) is 0 Å². The first-order valence-corrected chi connectivity index (χ1v) is 9.47. The zero-order valence-electron chi connectivity index (χ0n) is 13.0. The van der Waals surface area contributed by atoms with E-state index in [1.165, 1.54) is 39.2 Å². The second-order valence-corrected chi connectivity index (χ2v) is 8.17. The number of anilines is 1. The fourth-order valence-electron chi connectivity index (χ4n) is 3.53. The Kier molecular flexibility index (Phi) is 4.43. The second kappa shape index (κ2) is 6.18. The zero-order chi connectivity index (χ0) is 15.6. The highest BCUT2D eigenvalue weighted by Crippen LogP contribution is 2.43. The van der Waals surface area contributed by atoms with Gasteiger partial charge in [0, 0.05) is 12.2 Å². The van der Waals surface area contributed by atoms with Crippen molar-refractivity contribution < 1.29 is 13.2 Å². The van der Waals surface area contributed by atoms with E-state index < -0.39 is 10.0 Å². The number of hydrogen-bond donors (Lipinski definition) is 2. The molecule has 0 amide bonds. The lowest BCUT2D eigenvalue weighted by Gasteiger charge is -2.24. The quantitative estimate of drug-likeness (QED) is 0.873. The molecule has 0 bridgehead atoms. The highest BCUT2D eigenvalue weighted by molar-refractivity contribution is 7.89. The molecule has 0 radical (unpaired) electrons. The predicted octanol–water partition coefficient (Wildman–Crippen LogP) is 2.50. The maximum absolute atomic E-state index is 11.7. The molecule has 1 saturated carbocycles. The summed E-state index contributed by atoms with van der Waals surface area (Å²) in [6, 6.07) is 6.82. The fraction of sp³-hybridized carbons (Fsp3) is 0.625. The Hall–Kier alpha value is -1.11. The van der Waals surface area contributed by atoms with Crippen molar-refractivity contribution in [1.82, 2.24) is 4.72 Å². The van der Waals surface area contributed by atoms with Gasteiger partial charge >= 0.3 is 0 Å². The molecule has 2 N–H and O–H groups in total. The minimum Gasteiger partial charge on any atom is -0.382 e. The predicted molar refractivity (Wildman–Crippen MR) is 86.5 cm³/mol. The molecular formula is C16H24N2O3S. The molecule has 1 heterocycles. The van der Waals surface area contributed by atoms with E-state index in [1.54, 1.807) is 24.3 Å². The SMILES string of the molecule is CNS(=O)(=O)c1ccc(NCC2CCC3(CCCC3)O2)cc1. The third kappa shape index (κ3) is 3.29. The van der Waals surface area contributed by atoms with Crippen LogP contribution in [-0.4, -0.2) is 33.7 Å². The van der Waals surface area contributed by atoms with E-state index in [4.69, 9.17) is 4.74 Å². The summed E-state index contributed by atoms with van der Waals surface area (Å²) in [7, 11) is -1.95. The molecule has 122 valence electrons. The summed E-state index contributed by atoms with van der Waals surface area (Å²) in [6.45, 7) is 0.778. The molecular weight excluding hydrogens is 300 g/mol. The number of sulfonamides is 1. The smallest absolute Gasteiger partial charge is 0.240 e. The molecule has 2 fully saturated rings. The molecule has 1 unspecified atom stereocenters. The summed E-state index contributed by atoms with van der Waals surface area (Å²) < 4.78 is 31.9. The molecule has 1 spiro atoms. The lowest BCUT2D eigenvalue weighted by Crippen LogP contribution is -2.27. The van der Waals surface area contributed by atoms with Crippen molar-refractivity contribution in [3.05, 3.63) is 24.3 Å². The third-order valence-electron chi connectivity index (χ3n) is 4.82. The number of rotatable bonds is 5. The lowest BCUT2D eigenvalue weighted by molar-refractivity contribution is -0.0307.